The van der Waals surface area contributed by atoms with Crippen LogP contribution in [-0.4, -0.2) is 71.7 Å². The predicted octanol–water partition coefficient (Wildman–Crippen LogP) is 0.246. The van der Waals surface area contributed by atoms with Crippen molar-refractivity contribution in [2.45, 2.75) is 38.9 Å². The molecule has 2 amide bonds. The Balaban J connectivity index is 1.53. The largest absolute Gasteiger partial charge is 0.379 e. The summed E-state index contributed by atoms with van der Waals surface area (Å²) in [5.41, 5.74) is 0.258. The van der Waals surface area contributed by atoms with Gasteiger partial charge in [0.2, 0.25) is 5.91 Å². The average molecular weight is 336 g/mol. The van der Waals surface area contributed by atoms with E-state index in [1.807, 2.05) is 13.8 Å². The van der Waals surface area contributed by atoms with Crippen molar-refractivity contribution in [3.63, 3.8) is 0 Å². The summed E-state index contributed by atoms with van der Waals surface area (Å²) in [7, 11) is 0. The van der Waals surface area contributed by atoms with E-state index in [4.69, 9.17) is 9.26 Å². The molecular weight excluding hydrogens is 312 g/mol. The summed E-state index contributed by atoms with van der Waals surface area (Å²) in [5.74, 6) is 0.437. The van der Waals surface area contributed by atoms with E-state index in [0.717, 1.165) is 13.1 Å². The first-order chi connectivity index (χ1) is 11.5. The van der Waals surface area contributed by atoms with Crippen LogP contribution in [-0.2, 0) is 16.1 Å². The summed E-state index contributed by atoms with van der Waals surface area (Å²) in [6.45, 7) is 8.21. The molecule has 2 fully saturated rings. The van der Waals surface area contributed by atoms with Crippen LogP contribution in [0, 0.1) is 0 Å². The number of carbonyl (C=O) groups is 2. The van der Waals surface area contributed by atoms with Gasteiger partial charge in [0.25, 0.3) is 5.91 Å². The summed E-state index contributed by atoms with van der Waals surface area (Å²) in [4.78, 5) is 28.2. The fourth-order valence-electron chi connectivity index (χ4n) is 3.06. The molecule has 1 atom stereocenters. The molecule has 8 heteroatoms. The van der Waals surface area contributed by atoms with Gasteiger partial charge in [-0.2, -0.15) is 0 Å². The molecule has 24 heavy (non-hydrogen) atoms. The molecule has 2 aliphatic heterocycles. The Morgan fingerprint density at radius 2 is 2.17 bits per heavy atom. The smallest absolute Gasteiger partial charge is 0.273 e. The number of likely N-dealkylation sites (tertiary alicyclic amines) is 1. The van der Waals surface area contributed by atoms with Crippen molar-refractivity contribution in [2.75, 3.05) is 32.8 Å². The minimum Gasteiger partial charge on any atom is -0.379 e. The first-order valence-electron chi connectivity index (χ1n) is 8.39. The fraction of sp³-hybridized carbons (Fsp3) is 0.688. The van der Waals surface area contributed by atoms with Crippen LogP contribution in [0.1, 0.15) is 36.5 Å². The number of nitrogens with zero attached hydrogens (tertiary/aromatic N) is 3. The van der Waals surface area contributed by atoms with E-state index in [1.54, 1.807) is 11.0 Å². The normalized spacial score (nSPS) is 22.4. The van der Waals surface area contributed by atoms with Crippen LogP contribution in [0.25, 0.3) is 0 Å². The van der Waals surface area contributed by atoms with Crippen LogP contribution in [0.3, 0.4) is 0 Å². The Hall–Kier alpha value is -1.93. The molecule has 8 nitrogen and oxygen atoms in total. The Labute approximate surface area is 141 Å². The van der Waals surface area contributed by atoms with E-state index in [9.17, 15) is 9.59 Å². The lowest BCUT2D eigenvalue weighted by atomic mass is 10.2. The van der Waals surface area contributed by atoms with E-state index >= 15 is 0 Å². The Morgan fingerprint density at radius 3 is 2.83 bits per heavy atom. The number of aromatic nitrogens is 1. The van der Waals surface area contributed by atoms with Crippen molar-refractivity contribution in [3.05, 3.63) is 17.5 Å². The highest BCUT2D eigenvalue weighted by Gasteiger charge is 2.32. The lowest BCUT2D eigenvalue weighted by molar-refractivity contribution is -0.129. The number of nitrogens with one attached hydrogen (secondary N) is 1. The number of hydrogen-bond donors (Lipinski definition) is 1. The lowest BCUT2D eigenvalue weighted by Gasteiger charge is -2.25. The van der Waals surface area contributed by atoms with Crippen molar-refractivity contribution in [3.8, 4) is 0 Å². The maximum atomic E-state index is 12.3. The van der Waals surface area contributed by atoms with Gasteiger partial charge in [-0.05, 0) is 13.8 Å². The van der Waals surface area contributed by atoms with Crippen LogP contribution in [0.4, 0.5) is 0 Å². The van der Waals surface area contributed by atoms with E-state index in [0.29, 0.717) is 38.5 Å². The third kappa shape index (κ3) is 3.93. The van der Waals surface area contributed by atoms with Crippen LogP contribution < -0.4 is 5.32 Å². The average Bonchev–Trinajstić information content (AvgIpc) is 3.15. The number of carbonyl (C=O) groups excluding carboxylic acids is 2. The second-order valence-electron chi connectivity index (χ2n) is 6.58. The number of ether oxygens (including phenoxy) is 1. The first-order valence-corrected chi connectivity index (χ1v) is 8.39. The lowest BCUT2D eigenvalue weighted by Crippen LogP contribution is -2.39. The highest BCUT2D eigenvalue weighted by Crippen LogP contribution is 2.15. The molecule has 0 spiro atoms. The second kappa shape index (κ2) is 7.31. The van der Waals surface area contributed by atoms with E-state index in [1.165, 1.54) is 0 Å². The maximum Gasteiger partial charge on any atom is 0.273 e. The van der Waals surface area contributed by atoms with E-state index in [2.05, 4.69) is 15.4 Å². The molecule has 132 valence electrons. The molecule has 0 unspecified atom stereocenters. The zero-order valence-corrected chi connectivity index (χ0v) is 14.2. The van der Waals surface area contributed by atoms with E-state index in [-0.39, 0.29) is 29.6 Å². The zero-order chi connectivity index (χ0) is 17.1. The van der Waals surface area contributed by atoms with Crippen molar-refractivity contribution >= 4 is 11.8 Å². The van der Waals surface area contributed by atoms with Crippen molar-refractivity contribution in [1.82, 2.24) is 20.3 Å². The van der Waals surface area contributed by atoms with E-state index < -0.39 is 0 Å². The standard InChI is InChI=1S/C16H24N4O4/c1-11(2)20-9-12(7-15(20)21)17-16(22)14-8-13(24-18-14)10-19-3-5-23-6-4-19/h8,11-12H,3-7,9-10H2,1-2H3,(H,17,22)/t12-/m1/s1. The van der Waals surface area contributed by atoms with Gasteiger partial charge < -0.3 is 19.5 Å². The Morgan fingerprint density at radius 1 is 1.42 bits per heavy atom. The molecule has 3 heterocycles. The Bertz CT molecular complexity index is 595. The minimum atomic E-state index is -0.296. The Kier molecular flexibility index (Phi) is 5.15. The molecule has 0 radical (unpaired) electrons. The molecule has 1 aromatic rings. The number of hydrogen-bond acceptors (Lipinski definition) is 6. The summed E-state index contributed by atoms with van der Waals surface area (Å²) >= 11 is 0. The molecule has 2 aliphatic rings. The van der Waals surface area contributed by atoms with Gasteiger partial charge in [0.15, 0.2) is 11.5 Å². The van der Waals surface area contributed by atoms with Crippen molar-refractivity contribution < 1.29 is 18.8 Å². The molecule has 3 rings (SSSR count). The van der Waals surface area contributed by atoms with Gasteiger partial charge in [-0.25, -0.2) is 0 Å². The number of amides is 2. The van der Waals surface area contributed by atoms with Gasteiger partial charge in [0.1, 0.15) is 0 Å². The van der Waals surface area contributed by atoms with Gasteiger partial charge >= 0.3 is 0 Å². The summed E-state index contributed by atoms with van der Waals surface area (Å²) in [6, 6.07) is 1.64. The van der Waals surface area contributed by atoms with Gasteiger partial charge in [0.05, 0.1) is 25.8 Å². The summed E-state index contributed by atoms with van der Waals surface area (Å²) in [5, 5.41) is 6.72. The highest BCUT2D eigenvalue weighted by atomic mass is 16.5. The summed E-state index contributed by atoms with van der Waals surface area (Å²) < 4.78 is 10.6. The van der Waals surface area contributed by atoms with Crippen LogP contribution in [0.15, 0.2) is 10.6 Å². The summed E-state index contributed by atoms with van der Waals surface area (Å²) in [6.07, 6.45) is 0.336. The van der Waals surface area contributed by atoms with Gasteiger partial charge in [-0.1, -0.05) is 5.16 Å². The van der Waals surface area contributed by atoms with Crippen LogP contribution in [0.5, 0.6) is 0 Å². The van der Waals surface area contributed by atoms with Crippen LogP contribution in [0.2, 0.25) is 0 Å². The molecular formula is C16H24N4O4. The molecule has 0 aromatic carbocycles. The third-order valence-corrected chi connectivity index (χ3v) is 4.39. The zero-order valence-electron chi connectivity index (χ0n) is 14.2. The molecule has 0 aliphatic carbocycles. The number of rotatable bonds is 5. The maximum absolute atomic E-state index is 12.3. The van der Waals surface area contributed by atoms with Gasteiger partial charge in [-0.15, -0.1) is 0 Å². The van der Waals surface area contributed by atoms with Crippen molar-refractivity contribution in [2.24, 2.45) is 0 Å². The quantitative estimate of drug-likeness (QED) is 0.829. The molecule has 1 N–H and O–H groups in total. The second-order valence-corrected chi connectivity index (χ2v) is 6.58. The minimum absolute atomic E-state index is 0.0726. The van der Waals surface area contributed by atoms with Gasteiger partial charge in [0, 0.05) is 38.2 Å². The van der Waals surface area contributed by atoms with Crippen LogP contribution >= 0.6 is 0 Å². The molecule has 2 saturated heterocycles. The fourth-order valence-corrected chi connectivity index (χ4v) is 3.06. The molecule has 1 aromatic heterocycles. The van der Waals surface area contributed by atoms with Crippen molar-refractivity contribution in [1.29, 1.82) is 0 Å². The third-order valence-electron chi connectivity index (χ3n) is 4.39. The topological polar surface area (TPSA) is 87.9 Å². The molecule has 0 saturated carbocycles. The SMILES string of the molecule is CC(C)N1C[C@H](NC(=O)c2cc(CN3CCOCC3)on2)CC1=O. The van der Waals surface area contributed by atoms with Gasteiger partial charge in [-0.3, -0.25) is 14.5 Å². The first kappa shape index (κ1) is 16.9. The number of morpholine rings is 1. The highest BCUT2D eigenvalue weighted by molar-refractivity contribution is 5.93. The monoisotopic (exact) mass is 336 g/mol. The molecule has 0 bridgehead atoms. The predicted molar refractivity (Wildman–Crippen MR) is 85.3 cm³/mol.